The predicted octanol–water partition coefficient (Wildman–Crippen LogP) is 4.25. The summed E-state index contributed by atoms with van der Waals surface area (Å²) < 4.78 is 39.2. The summed E-state index contributed by atoms with van der Waals surface area (Å²) in [5.41, 5.74) is 1.89. The summed E-state index contributed by atoms with van der Waals surface area (Å²) in [5, 5.41) is 0.928. The fourth-order valence-corrected chi connectivity index (χ4v) is 1.96. The minimum Gasteiger partial charge on any atom is -0.361 e. The monoisotopic (exact) mass is 247 g/mol. The first-order chi connectivity index (χ1) is 8.65. The summed E-state index contributed by atoms with van der Waals surface area (Å²) in [6.07, 6.45) is 1.78. The Morgan fingerprint density at radius 3 is 2.22 bits per heavy atom. The maximum Gasteiger partial charge on any atom is 0.194 e. The van der Waals surface area contributed by atoms with E-state index in [1.54, 1.807) is 18.3 Å². The van der Waals surface area contributed by atoms with Gasteiger partial charge in [-0.2, -0.15) is 0 Å². The molecule has 3 aromatic rings. The van der Waals surface area contributed by atoms with Crippen molar-refractivity contribution in [3.05, 3.63) is 60.0 Å². The van der Waals surface area contributed by atoms with E-state index in [2.05, 4.69) is 4.98 Å². The summed E-state index contributed by atoms with van der Waals surface area (Å²) in [6.45, 7) is 0. The van der Waals surface area contributed by atoms with E-state index < -0.39 is 17.5 Å². The molecule has 0 saturated carbocycles. The number of aromatic amines is 1. The van der Waals surface area contributed by atoms with Crippen LogP contribution in [0.25, 0.3) is 22.0 Å². The number of hydrogen-bond donors (Lipinski definition) is 1. The maximum atomic E-state index is 13.2. The Balaban J connectivity index is 2.19. The Morgan fingerprint density at radius 1 is 0.778 bits per heavy atom. The molecule has 1 N–H and O–H groups in total. The second-order valence-corrected chi connectivity index (χ2v) is 4.03. The smallest absolute Gasteiger partial charge is 0.194 e. The van der Waals surface area contributed by atoms with Gasteiger partial charge >= 0.3 is 0 Å². The summed E-state index contributed by atoms with van der Waals surface area (Å²) in [4.78, 5) is 3.02. The van der Waals surface area contributed by atoms with Crippen LogP contribution in [0.2, 0.25) is 0 Å². The van der Waals surface area contributed by atoms with Gasteiger partial charge in [-0.1, -0.05) is 6.07 Å². The van der Waals surface area contributed by atoms with E-state index in [1.807, 2.05) is 12.1 Å². The molecule has 4 heteroatoms. The van der Waals surface area contributed by atoms with Crippen LogP contribution in [0.15, 0.2) is 42.6 Å². The number of halogens is 3. The first-order valence-corrected chi connectivity index (χ1v) is 5.37. The Hall–Kier alpha value is -2.23. The molecule has 0 saturated heterocycles. The van der Waals surface area contributed by atoms with Crippen LogP contribution >= 0.6 is 0 Å². The molecule has 0 aliphatic rings. The number of fused-ring (bicyclic) bond motifs is 1. The normalized spacial score (nSPS) is 11.1. The van der Waals surface area contributed by atoms with Crippen LogP contribution in [0.4, 0.5) is 13.2 Å². The van der Waals surface area contributed by atoms with Gasteiger partial charge in [0.15, 0.2) is 17.5 Å². The minimum absolute atomic E-state index is 0.314. The van der Waals surface area contributed by atoms with Gasteiger partial charge in [-0.3, -0.25) is 0 Å². The minimum atomic E-state index is -1.44. The average molecular weight is 247 g/mol. The molecule has 18 heavy (non-hydrogen) atoms. The predicted molar refractivity (Wildman–Crippen MR) is 63.6 cm³/mol. The lowest BCUT2D eigenvalue weighted by molar-refractivity contribution is 0.448. The van der Waals surface area contributed by atoms with Crippen molar-refractivity contribution < 1.29 is 13.2 Å². The van der Waals surface area contributed by atoms with E-state index in [1.165, 1.54) is 0 Å². The Kier molecular flexibility index (Phi) is 2.37. The first kappa shape index (κ1) is 10.9. The van der Waals surface area contributed by atoms with Crippen molar-refractivity contribution in [3.8, 4) is 11.1 Å². The fraction of sp³-hybridized carbons (Fsp3) is 0. The molecule has 1 heterocycles. The molecule has 0 spiro atoms. The molecule has 0 aliphatic carbocycles. The van der Waals surface area contributed by atoms with Gasteiger partial charge in [0.1, 0.15) is 0 Å². The number of rotatable bonds is 1. The molecule has 0 fully saturated rings. The van der Waals surface area contributed by atoms with Gasteiger partial charge in [0.25, 0.3) is 0 Å². The van der Waals surface area contributed by atoms with E-state index in [0.29, 0.717) is 11.1 Å². The third-order valence-electron chi connectivity index (χ3n) is 2.87. The average Bonchev–Trinajstić information content (AvgIpc) is 2.82. The highest BCUT2D eigenvalue weighted by Gasteiger charge is 2.11. The van der Waals surface area contributed by atoms with Crippen molar-refractivity contribution in [2.45, 2.75) is 0 Å². The molecule has 0 amide bonds. The molecule has 0 unspecified atom stereocenters. The summed E-state index contributed by atoms with van der Waals surface area (Å²) in [7, 11) is 0. The van der Waals surface area contributed by atoms with Gasteiger partial charge in [-0.15, -0.1) is 0 Å². The zero-order valence-corrected chi connectivity index (χ0v) is 9.18. The molecular formula is C14H8F3N. The van der Waals surface area contributed by atoms with Gasteiger partial charge in [0.2, 0.25) is 0 Å². The number of benzene rings is 2. The number of hydrogen-bond acceptors (Lipinski definition) is 0. The molecule has 0 bridgehead atoms. The van der Waals surface area contributed by atoms with Crippen LogP contribution in [0, 0.1) is 17.5 Å². The number of aromatic nitrogens is 1. The third-order valence-corrected chi connectivity index (χ3v) is 2.87. The van der Waals surface area contributed by atoms with Crippen molar-refractivity contribution in [2.75, 3.05) is 0 Å². The van der Waals surface area contributed by atoms with E-state index in [4.69, 9.17) is 0 Å². The lowest BCUT2D eigenvalue weighted by atomic mass is 10.0. The van der Waals surface area contributed by atoms with Crippen molar-refractivity contribution in [1.82, 2.24) is 4.98 Å². The van der Waals surface area contributed by atoms with E-state index in [-0.39, 0.29) is 0 Å². The van der Waals surface area contributed by atoms with Gasteiger partial charge in [0.05, 0.1) is 0 Å². The maximum absolute atomic E-state index is 13.2. The second kappa shape index (κ2) is 3.91. The number of H-pyrrole nitrogens is 1. The second-order valence-electron chi connectivity index (χ2n) is 4.03. The lowest BCUT2D eigenvalue weighted by Crippen LogP contribution is -1.91. The van der Waals surface area contributed by atoms with E-state index in [9.17, 15) is 13.2 Å². The van der Waals surface area contributed by atoms with Crippen LogP contribution in [-0.2, 0) is 0 Å². The van der Waals surface area contributed by atoms with Crippen molar-refractivity contribution >= 4 is 10.9 Å². The highest BCUT2D eigenvalue weighted by Crippen LogP contribution is 2.26. The van der Waals surface area contributed by atoms with Crippen molar-refractivity contribution in [2.24, 2.45) is 0 Å². The van der Waals surface area contributed by atoms with Crippen molar-refractivity contribution in [1.29, 1.82) is 0 Å². The Morgan fingerprint density at radius 2 is 1.50 bits per heavy atom. The van der Waals surface area contributed by atoms with Gasteiger partial charge in [0, 0.05) is 11.7 Å². The molecule has 0 aliphatic heterocycles. The molecule has 1 aromatic heterocycles. The topological polar surface area (TPSA) is 15.8 Å². The zero-order valence-electron chi connectivity index (χ0n) is 9.18. The van der Waals surface area contributed by atoms with Crippen LogP contribution < -0.4 is 0 Å². The molecule has 1 nitrogen and oxygen atoms in total. The molecule has 0 radical (unpaired) electrons. The largest absolute Gasteiger partial charge is 0.361 e. The quantitative estimate of drug-likeness (QED) is 0.619. The van der Waals surface area contributed by atoms with Crippen LogP contribution in [0.1, 0.15) is 0 Å². The van der Waals surface area contributed by atoms with Gasteiger partial charge in [-0.05, 0) is 46.8 Å². The molecular weight excluding hydrogens is 239 g/mol. The fourth-order valence-electron chi connectivity index (χ4n) is 1.96. The summed E-state index contributed by atoms with van der Waals surface area (Å²) in [6, 6.07) is 9.17. The Labute approximate surface area is 101 Å². The molecule has 90 valence electrons. The van der Waals surface area contributed by atoms with Crippen LogP contribution in [0.5, 0.6) is 0 Å². The van der Waals surface area contributed by atoms with E-state index in [0.717, 1.165) is 23.0 Å². The third kappa shape index (κ3) is 1.66. The standard InChI is InChI=1S/C14H8F3N/c15-11-6-10(7-12(16)14(11)17)8-1-2-13-9(5-8)3-4-18-13/h1-7,18H. The Bertz CT molecular complexity index is 708. The van der Waals surface area contributed by atoms with Gasteiger partial charge < -0.3 is 4.98 Å². The first-order valence-electron chi connectivity index (χ1n) is 5.37. The van der Waals surface area contributed by atoms with Crippen LogP contribution in [0.3, 0.4) is 0 Å². The number of nitrogens with one attached hydrogen (secondary N) is 1. The molecule has 3 rings (SSSR count). The van der Waals surface area contributed by atoms with E-state index >= 15 is 0 Å². The molecule has 2 aromatic carbocycles. The van der Waals surface area contributed by atoms with Gasteiger partial charge in [-0.25, -0.2) is 13.2 Å². The lowest BCUT2D eigenvalue weighted by Gasteiger charge is -2.04. The van der Waals surface area contributed by atoms with Crippen molar-refractivity contribution in [3.63, 3.8) is 0 Å². The summed E-state index contributed by atoms with van der Waals surface area (Å²) >= 11 is 0. The summed E-state index contributed by atoms with van der Waals surface area (Å²) in [5.74, 6) is -3.81. The molecule has 0 atom stereocenters. The zero-order chi connectivity index (χ0) is 12.7. The SMILES string of the molecule is Fc1cc(-c2ccc3[nH]ccc3c2)cc(F)c1F. The van der Waals surface area contributed by atoms with Crippen LogP contribution in [-0.4, -0.2) is 4.98 Å². The highest BCUT2D eigenvalue weighted by molar-refractivity contribution is 5.85. The highest BCUT2D eigenvalue weighted by atomic mass is 19.2.